The second-order valence-electron chi connectivity index (χ2n) is 6.46. The summed E-state index contributed by atoms with van der Waals surface area (Å²) in [6.45, 7) is 1.03. The van der Waals surface area contributed by atoms with E-state index in [1.807, 2.05) is 49.3 Å². The van der Waals surface area contributed by atoms with Crippen LogP contribution in [0.1, 0.15) is 21.5 Å². The van der Waals surface area contributed by atoms with Gasteiger partial charge in [-0.05, 0) is 41.8 Å². The van der Waals surface area contributed by atoms with Crippen molar-refractivity contribution in [1.29, 1.82) is 0 Å². The van der Waals surface area contributed by atoms with Crippen molar-refractivity contribution in [3.63, 3.8) is 0 Å². The number of carbonyl (C=O) groups excluding carboxylic acids is 2. The summed E-state index contributed by atoms with van der Waals surface area (Å²) in [5.41, 5.74) is 8.92. The summed E-state index contributed by atoms with van der Waals surface area (Å²) in [4.78, 5) is 27.1. The van der Waals surface area contributed by atoms with Crippen LogP contribution in [0.15, 0.2) is 48.5 Å². The molecular weight excluding hydrogens is 328 g/mol. The molecule has 0 spiro atoms. The van der Waals surface area contributed by atoms with Gasteiger partial charge in [0, 0.05) is 45.5 Å². The average molecular weight is 354 g/mol. The zero-order valence-electron chi connectivity index (χ0n) is 15.5. The number of primary amides is 1. The maximum absolute atomic E-state index is 12.2. The number of anilines is 1. The number of nitrogens with zero attached hydrogens (tertiary/aromatic N) is 2. The van der Waals surface area contributed by atoms with Crippen molar-refractivity contribution in [2.45, 2.75) is 13.0 Å². The maximum atomic E-state index is 12.2. The predicted octanol–water partition coefficient (Wildman–Crippen LogP) is 2.24. The molecule has 0 aliphatic rings. The number of nitrogens with one attached hydrogen (secondary N) is 1. The highest BCUT2D eigenvalue weighted by Crippen LogP contribution is 2.13. The van der Waals surface area contributed by atoms with Crippen molar-refractivity contribution in [3.8, 4) is 0 Å². The molecule has 0 saturated carbocycles. The number of benzene rings is 2. The molecule has 6 heteroatoms. The summed E-state index contributed by atoms with van der Waals surface area (Å²) in [6, 6.07) is 15.1. The van der Waals surface area contributed by atoms with Gasteiger partial charge < -0.3 is 20.9 Å². The molecule has 138 valence electrons. The second-order valence-corrected chi connectivity index (χ2v) is 6.46. The summed E-state index contributed by atoms with van der Waals surface area (Å²) in [5.74, 6) is -0.448. The molecule has 0 bridgehead atoms. The molecule has 0 fully saturated rings. The number of rotatable bonds is 7. The molecule has 0 saturated heterocycles. The van der Waals surface area contributed by atoms with Gasteiger partial charge in [0.2, 0.25) is 5.91 Å². The third-order valence-corrected chi connectivity index (χ3v) is 4.12. The fourth-order valence-corrected chi connectivity index (χ4v) is 2.57. The Kier molecular flexibility index (Phi) is 6.60. The Labute approximate surface area is 154 Å². The first-order chi connectivity index (χ1) is 12.4. The minimum absolute atomic E-state index is 0.132. The van der Waals surface area contributed by atoms with Crippen molar-refractivity contribution >= 4 is 17.6 Å². The lowest BCUT2D eigenvalue weighted by Gasteiger charge is -2.19. The molecule has 2 aromatic carbocycles. The summed E-state index contributed by atoms with van der Waals surface area (Å²) < 4.78 is 0. The van der Waals surface area contributed by atoms with Crippen LogP contribution in [-0.4, -0.2) is 44.5 Å². The summed E-state index contributed by atoms with van der Waals surface area (Å²) in [6.07, 6.45) is 0.637. The zero-order chi connectivity index (χ0) is 19.1. The van der Waals surface area contributed by atoms with E-state index in [0.29, 0.717) is 25.1 Å². The SMILES string of the molecule is CN(Cc1ccc(N(C)C)cc1)C(=O)NCCc1cccc(C(N)=O)c1. The fourth-order valence-electron chi connectivity index (χ4n) is 2.57. The number of urea groups is 1. The van der Waals surface area contributed by atoms with Gasteiger partial charge in [0.15, 0.2) is 0 Å². The molecule has 6 nitrogen and oxygen atoms in total. The highest BCUT2D eigenvalue weighted by Gasteiger charge is 2.09. The van der Waals surface area contributed by atoms with E-state index < -0.39 is 5.91 Å². The molecule has 2 rings (SSSR count). The summed E-state index contributed by atoms with van der Waals surface area (Å²) in [5, 5.41) is 2.89. The van der Waals surface area contributed by atoms with E-state index in [9.17, 15) is 9.59 Å². The Morgan fingerprint density at radius 2 is 1.69 bits per heavy atom. The van der Waals surface area contributed by atoms with E-state index in [1.165, 1.54) is 0 Å². The lowest BCUT2D eigenvalue weighted by atomic mass is 10.1. The van der Waals surface area contributed by atoms with Crippen LogP contribution in [-0.2, 0) is 13.0 Å². The van der Waals surface area contributed by atoms with Crippen molar-refractivity contribution in [3.05, 3.63) is 65.2 Å². The second kappa shape index (κ2) is 8.89. The Bertz CT molecular complexity index is 757. The molecule has 3 N–H and O–H groups in total. The van der Waals surface area contributed by atoms with Gasteiger partial charge in [0.25, 0.3) is 0 Å². The molecule has 0 heterocycles. The van der Waals surface area contributed by atoms with Gasteiger partial charge in [-0.15, -0.1) is 0 Å². The Balaban J connectivity index is 1.81. The van der Waals surface area contributed by atoms with Crippen LogP contribution in [0.5, 0.6) is 0 Å². The molecule has 3 amide bonds. The van der Waals surface area contributed by atoms with Gasteiger partial charge in [0.05, 0.1) is 0 Å². The van der Waals surface area contributed by atoms with Crippen LogP contribution < -0.4 is 16.0 Å². The number of hydrogen-bond acceptors (Lipinski definition) is 3. The van der Waals surface area contributed by atoms with Gasteiger partial charge >= 0.3 is 6.03 Å². The van der Waals surface area contributed by atoms with E-state index in [1.54, 1.807) is 30.1 Å². The van der Waals surface area contributed by atoms with E-state index in [2.05, 4.69) is 5.32 Å². The molecule has 0 aliphatic carbocycles. The number of carbonyl (C=O) groups is 2. The largest absolute Gasteiger partial charge is 0.378 e. The van der Waals surface area contributed by atoms with Crippen LogP contribution in [0.2, 0.25) is 0 Å². The molecule has 0 aliphatic heterocycles. The monoisotopic (exact) mass is 354 g/mol. The first-order valence-electron chi connectivity index (χ1n) is 8.51. The molecule has 2 aromatic rings. The third kappa shape index (κ3) is 5.51. The molecule has 0 aromatic heterocycles. The van der Waals surface area contributed by atoms with Gasteiger partial charge in [-0.3, -0.25) is 4.79 Å². The quantitative estimate of drug-likeness (QED) is 0.800. The van der Waals surface area contributed by atoms with E-state index in [0.717, 1.165) is 16.8 Å². The summed E-state index contributed by atoms with van der Waals surface area (Å²) in [7, 11) is 5.75. The van der Waals surface area contributed by atoms with E-state index in [-0.39, 0.29) is 6.03 Å². The smallest absolute Gasteiger partial charge is 0.317 e. The standard InChI is InChI=1S/C20H26N4O2/c1-23(2)18-9-7-16(8-10-18)14-24(3)20(26)22-12-11-15-5-4-6-17(13-15)19(21)25/h4-10,13H,11-12,14H2,1-3H3,(H2,21,25)(H,22,26). The Morgan fingerprint density at radius 1 is 1.00 bits per heavy atom. The van der Waals surface area contributed by atoms with Gasteiger partial charge in [-0.1, -0.05) is 24.3 Å². The van der Waals surface area contributed by atoms with E-state index in [4.69, 9.17) is 5.73 Å². The predicted molar refractivity (Wildman–Crippen MR) is 104 cm³/mol. The third-order valence-electron chi connectivity index (χ3n) is 4.12. The van der Waals surface area contributed by atoms with Crippen molar-refractivity contribution in [2.75, 3.05) is 32.6 Å². The topological polar surface area (TPSA) is 78.7 Å². The van der Waals surface area contributed by atoms with Crippen LogP contribution in [0.25, 0.3) is 0 Å². The molecule has 0 unspecified atom stereocenters. The molecule has 0 radical (unpaired) electrons. The van der Waals surface area contributed by atoms with Gasteiger partial charge in [-0.2, -0.15) is 0 Å². The van der Waals surface area contributed by atoms with Crippen LogP contribution >= 0.6 is 0 Å². The lowest BCUT2D eigenvalue weighted by molar-refractivity contribution is 0.1000. The number of nitrogens with two attached hydrogens (primary N) is 1. The first-order valence-corrected chi connectivity index (χ1v) is 8.51. The van der Waals surface area contributed by atoms with E-state index >= 15 is 0 Å². The minimum Gasteiger partial charge on any atom is -0.378 e. The highest BCUT2D eigenvalue weighted by molar-refractivity contribution is 5.92. The lowest BCUT2D eigenvalue weighted by Crippen LogP contribution is -2.37. The van der Waals surface area contributed by atoms with Crippen LogP contribution in [0.3, 0.4) is 0 Å². The first kappa shape index (κ1) is 19.3. The van der Waals surface area contributed by atoms with Crippen molar-refractivity contribution in [2.24, 2.45) is 5.73 Å². The fraction of sp³-hybridized carbons (Fsp3) is 0.300. The average Bonchev–Trinajstić information content (AvgIpc) is 2.62. The number of hydrogen-bond donors (Lipinski definition) is 2. The highest BCUT2D eigenvalue weighted by atomic mass is 16.2. The normalized spacial score (nSPS) is 10.3. The molecular formula is C20H26N4O2. The molecule has 26 heavy (non-hydrogen) atoms. The Morgan fingerprint density at radius 3 is 2.31 bits per heavy atom. The Hall–Kier alpha value is -3.02. The minimum atomic E-state index is -0.448. The summed E-state index contributed by atoms with van der Waals surface area (Å²) >= 11 is 0. The van der Waals surface area contributed by atoms with Crippen LogP contribution in [0.4, 0.5) is 10.5 Å². The maximum Gasteiger partial charge on any atom is 0.317 e. The van der Waals surface area contributed by atoms with Gasteiger partial charge in [-0.25, -0.2) is 4.79 Å². The van der Waals surface area contributed by atoms with Crippen LogP contribution in [0, 0.1) is 0 Å². The zero-order valence-corrected chi connectivity index (χ0v) is 15.5. The van der Waals surface area contributed by atoms with Crippen molar-refractivity contribution in [1.82, 2.24) is 10.2 Å². The van der Waals surface area contributed by atoms with Crippen molar-refractivity contribution < 1.29 is 9.59 Å². The number of amides is 3. The molecule has 0 atom stereocenters. The van der Waals surface area contributed by atoms with Gasteiger partial charge in [0.1, 0.15) is 0 Å².